The zero-order valence-corrected chi connectivity index (χ0v) is 16.9. The van der Waals surface area contributed by atoms with Crippen LogP contribution in [0.2, 0.25) is 0 Å². The van der Waals surface area contributed by atoms with Crippen molar-refractivity contribution in [3.8, 4) is 11.3 Å². The van der Waals surface area contributed by atoms with Crippen molar-refractivity contribution in [2.45, 2.75) is 13.0 Å². The lowest BCUT2D eigenvalue weighted by atomic mass is 10.0. The summed E-state index contributed by atoms with van der Waals surface area (Å²) in [5.41, 5.74) is 3.27. The molecule has 8 heteroatoms. The van der Waals surface area contributed by atoms with Crippen LogP contribution >= 0.6 is 0 Å². The minimum Gasteiger partial charge on any atom is -0.378 e. The molecule has 7 nitrogen and oxygen atoms in total. The molecule has 1 aromatic heterocycles. The van der Waals surface area contributed by atoms with Crippen molar-refractivity contribution in [3.05, 3.63) is 77.2 Å². The van der Waals surface area contributed by atoms with Crippen LogP contribution in [0.3, 0.4) is 0 Å². The van der Waals surface area contributed by atoms with Crippen molar-refractivity contribution in [2.24, 2.45) is 0 Å². The number of amides is 2. The summed E-state index contributed by atoms with van der Waals surface area (Å²) in [7, 11) is 0. The van der Waals surface area contributed by atoms with Gasteiger partial charge in [-0.1, -0.05) is 42.5 Å². The molecular weight excluding hydrogens is 399 g/mol. The highest BCUT2D eigenvalue weighted by Crippen LogP contribution is 2.23. The van der Waals surface area contributed by atoms with Gasteiger partial charge in [0, 0.05) is 25.2 Å². The van der Waals surface area contributed by atoms with Gasteiger partial charge in [-0.3, -0.25) is 14.7 Å². The zero-order valence-electron chi connectivity index (χ0n) is 16.9. The molecule has 0 saturated carbocycles. The van der Waals surface area contributed by atoms with E-state index in [1.807, 2.05) is 24.3 Å². The molecule has 1 saturated heterocycles. The van der Waals surface area contributed by atoms with Crippen LogP contribution in [0.15, 0.2) is 54.7 Å². The van der Waals surface area contributed by atoms with Gasteiger partial charge in [-0.05, 0) is 17.2 Å². The second kappa shape index (κ2) is 9.53. The van der Waals surface area contributed by atoms with Gasteiger partial charge >= 0.3 is 0 Å². The second-order valence-corrected chi connectivity index (χ2v) is 7.31. The lowest BCUT2D eigenvalue weighted by molar-refractivity contribution is -0.120. The normalized spacial score (nSPS) is 13.8. The largest absolute Gasteiger partial charge is 0.378 e. The number of halogens is 1. The predicted octanol–water partition coefficient (Wildman–Crippen LogP) is 2.55. The van der Waals surface area contributed by atoms with Crippen molar-refractivity contribution >= 4 is 11.8 Å². The Kier molecular flexibility index (Phi) is 6.37. The van der Waals surface area contributed by atoms with E-state index in [0.29, 0.717) is 49.7 Å². The monoisotopic (exact) mass is 422 g/mol. The summed E-state index contributed by atoms with van der Waals surface area (Å²) in [6, 6.07) is 13.8. The van der Waals surface area contributed by atoms with Gasteiger partial charge in [0.2, 0.25) is 5.91 Å². The number of aromatic amines is 1. The molecule has 0 atom stereocenters. The number of H-pyrrole nitrogens is 1. The van der Waals surface area contributed by atoms with Crippen LogP contribution in [0, 0.1) is 5.82 Å². The molecule has 0 spiro atoms. The molecule has 4 rings (SSSR count). The fraction of sp³-hybridized carbons (Fsp3) is 0.261. The predicted molar refractivity (Wildman–Crippen MR) is 113 cm³/mol. The van der Waals surface area contributed by atoms with Gasteiger partial charge in [-0.25, -0.2) is 4.39 Å². The molecule has 2 amide bonds. The number of nitrogens with zero attached hydrogens (tertiary/aromatic N) is 2. The summed E-state index contributed by atoms with van der Waals surface area (Å²) < 4.78 is 19.0. The van der Waals surface area contributed by atoms with E-state index in [9.17, 15) is 14.0 Å². The molecular formula is C23H23FN4O3. The molecule has 1 aliphatic heterocycles. The van der Waals surface area contributed by atoms with Crippen LogP contribution in [-0.2, 0) is 22.5 Å². The third-order valence-corrected chi connectivity index (χ3v) is 5.21. The van der Waals surface area contributed by atoms with E-state index in [1.54, 1.807) is 29.3 Å². The van der Waals surface area contributed by atoms with Gasteiger partial charge in [0.15, 0.2) is 0 Å². The Hall–Kier alpha value is -3.52. The van der Waals surface area contributed by atoms with Crippen molar-refractivity contribution in [2.75, 3.05) is 26.3 Å². The molecule has 2 heterocycles. The van der Waals surface area contributed by atoms with Crippen molar-refractivity contribution < 1.29 is 18.7 Å². The quantitative estimate of drug-likeness (QED) is 0.639. The van der Waals surface area contributed by atoms with Crippen LogP contribution < -0.4 is 5.32 Å². The van der Waals surface area contributed by atoms with Gasteiger partial charge in [0.25, 0.3) is 5.91 Å². The average molecular weight is 422 g/mol. The summed E-state index contributed by atoms with van der Waals surface area (Å²) in [5, 5.41) is 9.77. The third-order valence-electron chi connectivity index (χ3n) is 5.21. The average Bonchev–Trinajstić information content (AvgIpc) is 3.29. The van der Waals surface area contributed by atoms with E-state index in [2.05, 4.69) is 15.5 Å². The van der Waals surface area contributed by atoms with Gasteiger partial charge in [0.1, 0.15) is 5.82 Å². The highest BCUT2D eigenvalue weighted by molar-refractivity contribution is 5.99. The number of carbonyl (C=O) groups excluding carboxylic acids is 2. The van der Waals surface area contributed by atoms with Crippen LogP contribution in [0.1, 0.15) is 21.5 Å². The van der Waals surface area contributed by atoms with Crippen LogP contribution in [0.5, 0.6) is 0 Å². The van der Waals surface area contributed by atoms with Crippen molar-refractivity contribution in [1.29, 1.82) is 0 Å². The van der Waals surface area contributed by atoms with Gasteiger partial charge in [-0.15, -0.1) is 0 Å². The molecule has 160 valence electrons. The minimum absolute atomic E-state index is 0.00802. The maximum Gasteiger partial charge on any atom is 0.257 e. The highest BCUT2D eigenvalue weighted by Gasteiger charge is 2.23. The van der Waals surface area contributed by atoms with Gasteiger partial charge in [-0.2, -0.15) is 5.10 Å². The van der Waals surface area contributed by atoms with Gasteiger partial charge in [0.05, 0.1) is 37.1 Å². The Balaban J connectivity index is 1.38. The number of hydrogen-bond donors (Lipinski definition) is 2. The van der Waals surface area contributed by atoms with Crippen molar-refractivity contribution in [1.82, 2.24) is 20.4 Å². The molecule has 0 aliphatic carbocycles. The Morgan fingerprint density at radius 1 is 1.10 bits per heavy atom. The Morgan fingerprint density at radius 2 is 1.84 bits per heavy atom. The molecule has 2 aromatic carbocycles. The highest BCUT2D eigenvalue weighted by atomic mass is 19.1. The lowest BCUT2D eigenvalue weighted by Gasteiger charge is -2.26. The number of hydrogen-bond acceptors (Lipinski definition) is 4. The second-order valence-electron chi connectivity index (χ2n) is 7.31. The maximum absolute atomic E-state index is 13.7. The van der Waals surface area contributed by atoms with E-state index < -0.39 is 0 Å². The first kappa shape index (κ1) is 20.7. The Bertz CT molecular complexity index is 1060. The number of benzene rings is 2. The van der Waals surface area contributed by atoms with E-state index in [-0.39, 0.29) is 24.1 Å². The minimum atomic E-state index is -0.385. The molecule has 31 heavy (non-hydrogen) atoms. The summed E-state index contributed by atoms with van der Waals surface area (Å²) in [6.07, 6.45) is 1.54. The SMILES string of the molecule is O=C(Cc1ccccc1F)NCc1ccc(-c2[nH]ncc2C(=O)N2CCOCC2)cc1. The molecule has 0 radical (unpaired) electrons. The molecule has 1 aliphatic rings. The van der Waals surface area contributed by atoms with E-state index >= 15 is 0 Å². The topological polar surface area (TPSA) is 87.3 Å². The van der Waals surface area contributed by atoms with Crippen LogP contribution in [-0.4, -0.2) is 53.2 Å². The summed E-state index contributed by atoms with van der Waals surface area (Å²) in [6.45, 7) is 2.53. The molecule has 0 unspecified atom stereocenters. The van der Waals surface area contributed by atoms with Crippen molar-refractivity contribution in [3.63, 3.8) is 0 Å². The Labute approximate surface area is 179 Å². The number of rotatable bonds is 6. The summed E-state index contributed by atoms with van der Waals surface area (Å²) >= 11 is 0. The number of nitrogens with one attached hydrogen (secondary N) is 2. The molecule has 3 aromatic rings. The van der Waals surface area contributed by atoms with Crippen LogP contribution in [0.4, 0.5) is 4.39 Å². The standard InChI is InChI=1S/C23H23FN4O3/c24-20-4-2-1-3-18(20)13-21(29)25-14-16-5-7-17(8-6-16)22-19(15-26-27-22)23(30)28-9-11-31-12-10-28/h1-8,15H,9-14H2,(H,25,29)(H,26,27). The zero-order chi connectivity index (χ0) is 21.6. The number of morpholine rings is 1. The summed E-state index contributed by atoms with van der Waals surface area (Å²) in [4.78, 5) is 26.7. The summed E-state index contributed by atoms with van der Waals surface area (Å²) in [5.74, 6) is -0.707. The molecule has 0 bridgehead atoms. The first-order chi connectivity index (χ1) is 15.1. The first-order valence-electron chi connectivity index (χ1n) is 10.1. The van der Waals surface area contributed by atoms with Crippen LogP contribution in [0.25, 0.3) is 11.3 Å². The number of ether oxygens (including phenoxy) is 1. The Morgan fingerprint density at radius 3 is 2.58 bits per heavy atom. The molecule has 1 fully saturated rings. The van der Waals surface area contributed by atoms with E-state index in [0.717, 1.165) is 11.1 Å². The fourth-order valence-electron chi connectivity index (χ4n) is 3.47. The number of aromatic nitrogens is 2. The molecule has 2 N–H and O–H groups in total. The lowest BCUT2D eigenvalue weighted by Crippen LogP contribution is -2.40. The van der Waals surface area contributed by atoms with E-state index in [4.69, 9.17) is 4.74 Å². The number of carbonyl (C=O) groups is 2. The van der Waals surface area contributed by atoms with E-state index in [1.165, 1.54) is 6.07 Å². The first-order valence-corrected chi connectivity index (χ1v) is 10.1. The third kappa shape index (κ3) is 4.97. The fourth-order valence-corrected chi connectivity index (χ4v) is 3.47. The maximum atomic E-state index is 13.7. The smallest absolute Gasteiger partial charge is 0.257 e. The van der Waals surface area contributed by atoms with Gasteiger partial charge < -0.3 is 15.0 Å².